The molecule has 0 aliphatic heterocycles. The topological polar surface area (TPSA) is 85.0 Å². The van der Waals surface area contributed by atoms with Gasteiger partial charge in [-0.3, -0.25) is 9.36 Å². The van der Waals surface area contributed by atoms with Gasteiger partial charge in [0.1, 0.15) is 18.7 Å². The molecular weight excluding hydrogens is 407 g/mol. The maximum absolute atomic E-state index is 4.53. The Hall–Kier alpha value is -1.65. The highest BCUT2D eigenvalue weighted by atomic mass is 127. The van der Waals surface area contributed by atoms with Crippen LogP contribution < -0.4 is 10.6 Å². The van der Waals surface area contributed by atoms with Crippen molar-refractivity contribution in [3.8, 4) is 0 Å². The molecule has 0 amide bonds. The lowest BCUT2D eigenvalue weighted by Crippen LogP contribution is -2.40. The smallest absolute Gasteiger partial charge is 0.191 e. The van der Waals surface area contributed by atoms with Crippen molar-refractivity contribution in [1.82, 2.24) is 35.2 Å². The summed E-state index contributed by atoms with van der Waals surface area (Å²) in [7, 11) is 1.87. The molecule has 0 saturated heterocycles. The molecule has 2 N–H and O–H groups in total. The van der Waals surface area contributed by atoms with Crippen LogP contribution in [-0.2, 0) is 20.1 Å². The quantitative estimate of drug-likeness (QED) is 0.388. The predicted octanol–water partition coefficient (Wildman–Crippen LogP) is 1.02. The van der Waals surface area contributed by atoms with Gasteiger partial charge in [-0.2, -0.15) is 10.2 Å². The number of aliphatic imine (C=N–C) groups is 1. The van der Waals surface area contributed by atoms with Gasteiger partial charge in [0.15, 0.2) is 5.96 Å². The lowest BCUT2D eigenvalue weighted by Gasteiger charge is -2.16. The summed E-state index contributed by atoms with van der Waals surface area (Å²) in [6, 6.07) is 1.94. The summed E-state index contributed by atoms with van der Waals surface area (Å²) < 4.78 is 3.67. The Balaban J connectivity index is 0.00000264. The molecule has 2 rings (SSSR count). The highest BCUT2D eigenvalue weighted by molar-refractivity contribution is 14.0. The largest absolute Gasteiger partial charge is 0.357 e. The number of hydrogen-bond acceptors (Lipinski definition) is 4. The third-order valence-corrected chi connectivity index (χ3v) is 3.20. The van der Waals surface area contributed by atoms with E-state index in [1.807, 2.05) is 30.9 Å². The Bertz CT molecular complexity index is 577. The van der Waals surface area contributed by atoms with Gasteiger partial charge in [-0.05, 0) is 18.9 Å². The average Bonchev–Trinajstić information content (AvgIpc) is 3.14. The second-order valence-electron chi connectivity index (χ2n) is 5.21. The van der Waals surface area contributed by atoms with E-state index < -0.39 is 0 Å². The number of halogens is 1. The third kappa shape index (κ3) is 6.55. The molecule has 0 fully saturated rings. The van der Waals surface area contributed by atoms with Crippen LogP contribution in [0.3, 0.4) is 0 Å². The van der Waals surface area contributed by atoms with Gasteiger partial charge < -0.3 is 10.6 Å². The van der Waals surface area contributed by atoms with Gasteiger partial charge in [-0.25, -0.2) is 9.98 Å². The van der Waals surface area contributed by atoms with Crippen molar-refractivity contribution in [3.63, 3.8) is 0 Å². The Labute approximate surface area is 153 Å². The summed E-state index contributed by atoms with van der Waals surface area (Å²) in [4.78, 5) is 8.71. The van der Waals surface area contributed by atoms with Crippen LogP contribution in [0.4, 0.5) is 0 Å². The van der Waals surface area contributed by atoms with E-state index >= 15 is 0 Å². The molecule has 0 radical (unpaired) electrons. The van der Waals surface area contributed by atoms with Crippen molar-refractivity contribution < 1.29 is 0 Å². The fraction of sp³-hybridized carbons (Fsp3) is 0.571. The summed E-state index contributed by atoms with van der Waals surface area (Å²) in [6.07, 6.45) is 5.31. The molecule has 1 atom stereocenters. The standard InChI is InChI=1S/C14H24N8.HI/c1-4-15-14(17-9-13-18-11-20-21(13)3)16-8-12(2)10-22-7-5-6-19-22;/h5-7,11-12H,4,8-10H2,1-3H3,(H2,15,16,17);1H. The molecule has 23 heavy (non-hydrogen) atoms. The second-order valence-corrected chi connectivity index (χ2v) is 5.21. The fourth-order valence-electron chi connectivity index (χ4n) is 2.02. The molecule has 8 nitrogen and oxygen atoms in total. The van der Waals surface area contributed by atoms with E-state index in [9.17, 15) is 0 Å². The summed E-state index contributed by atoms with van der Waals surface area (Å²) in [6.45, 7) is 7.25. The third-order valence-electron chi connectivity index (χ3n) is 3.20. The van der Waals surface area contributed by atoms with Crippen molar-refractivity contribution in [2.45, 2.75) is 26.9 Å². The highest BCUT2D eigenvalue weighted by Crippen LogP contribution is 1.98. The Kier molecular flexibility index (Phi) is 8.59. The average molecular weight is 432 g/mol. The zero-order chi connectivity index (χ0) is 15.8. The van der Waals surface area contributed by atoms with E-state index in [1.54, 1.807) is 10.9 Å². The van der Waals surface area contributed by atoms with E-state index in [0.29, 0.717) is 12.5 Å². The van der Waals surface area contributed by atoms with Crippen molar-refractivity contribution in [2.75, 3.05) is 13.1 Å². The first kappa shape index (κ1) is 19.4. The van der Waals surface area contributed by atoms with E-state index in [-0.39, 0.29) is 24.0 Å². The number of aromatic nitrogens is 5. The number of nitrogens with one attached hydrogen (secondary N) is 2. The molecule has 0 saturated carbocycles. The van der Waals surface area contributed by atoms with Crippen molar-refractivity contribution in [3.05, 3.63) is 30.6 Å². The van der Waals surface area contributed by atoms with Crippen LogP contribution >= 0.6 is 24.0 Å². The molecule has 2 aromatic heterocycles. The van der Waals surface area contributed by atoms with Crippen molar-refractivity contribution >= 4 is 29.9 Å². The first-order valence-corrected chi connectivity index (χ1v) is 7.51. The van der Waals surface area contributed by atoms with Gasteiger partial charge >= 0.3 is 0 Å². The van der Waals surface area contributed by atoms with Gasteiger partial charge in [0, 0.05) is 39.1 Å². The summed E-state index contributed by atoms with van der Waals surface area (Å²) in [5, 5.41) is 14.9. The SMILES string of the molecule is CCNC(=NCc1ncnn1C)NCC(C)Cn1cccn1.I. The van der Waals surface area contributed by atoms with E-state index in [2.05, 4.69) is 37.7 Å². The minimum Gasteiger partial charge on any atom is -0.357 e. The zero-order valence-electron chi connectivity index (χ0n) is 13.8. The van der Waals surface area contributed by atoms with Crippen LogP contribution in [0.15, 0.2) is 29.8 Å². The predicted molar refractivity (Wildman–Crippen MR) is 101 cm³/mol. The lowest BCUT2D eigenvalue weighted by atomic mass is 10.2. The number of hydrogen-bond donors (Lipinski definition) is 2. The van der Waals surface area contributed by atoms with E-state index in [4.69, 9.17) is 0 Å². The maximum atomic E-state index is 4.53. The van der Waals surface area contributed by atoms with Crippen LogP contribution in [0.25, 0.3) is 0 Å². The van der Waals surface area contributed by atoms with Crippen LogP contribution in [0, 0.1) is 5.92 Å². The normalized spacial score (nSPS) is 12.6. The number of guanidine groups is 1. The summed E-state index contributed by atoms with van der Waals surface area (Å²) in [5.74, 6) is 2.07. The first-order chi connectivity index (χ1) is 10.7. The fourth-order valence-corrected chi connectivity index (χ4v) is 2.02. The molecule has 0 spiro atoms. The summed E-state index contributed by atoms with van der Waals surface area (Å²) >= 11 is 0. The molecule has 9 heteroatoms. The number of nitrogens with zero attached hydrogens (tertiary/aromatic N) is 6. The molecule has 0 aliphatic rings. The Morgan fingerprint density at radius 1 is 1.35 bits per heavy atom. The number of rotatable bonds is 7. The Morgan fingerprint density at radius 3 is 2.78 bits per heavy atom. The minimum absolute atomic E-state index is 0. The molecule has 128 valence electrons. The molecule has 2 aromatic rings. The highest BCUT2D eigenvalue weighted by Gasteiger charge is 2.06. The molecule has 2 heterocycles. The van der Waals surface area contributed by atoms with Gasteiger partial charge in [-0.15, -0.1) is 24.0 Å². The molecular formula is C14H25IN8. The van der Waals surface area contributed by atoms with Crippen LogP contribution in [-0.4, -0.2) is 43.6 Å². The van der Waals surface area contributed by atoms with Gasteiger partial charge in [0.2, 0.25) is 0 Å². The van der Waals surface area contributed by atoms with Gasteiger partial charge in [0.05, 0.1) is 0 Å². The monoisotopic (exact) mass is 432 g/mol. The molecule has 1 unspecified atom stereocenters. The van der Waals surface area contributed by atoms with Crippen LogP contribution in [0.5, 0.6) is 0 Å². The zero-order valence-corrected chi connectivity index (χ0v) is 16.1. The molecule has 0 aliphatic carbocycles. The van der Waals surface area contributed by atoms with Crippen LogP contribution in [0.2, 0.25) is 0 Å². The lowest BCUT2D eigenvalue weighted by molar-refractivity contribution is 0.443. The van der Waals surface area contributed by atoms with Gasteiger partial charge in [-0.1, -0.05) is 6.92 Å². The second kappa shape index (κ2) is 10.2. The maximum Gasteiger partial charge on any atom is 0.191 e. The Morgan fingerprint density at radius 2 is 2.17 bits per heavy atom. The summed E-state index contributed by atoms with van der Waals surface area (Å²) in [5.41, 5.74) is 0. The minimum atomic E-state index is 0. The van der Waals surface area contributed by atoms with E-state index in [0.717, 1.165) is 31.4 Å². The van der Waals surface area contributed by atoms with Crippen molar-refractivity contribution in [2.24, 2.45) is 18.0 Å². The van der Waals surface area contributed by atoms with Crippen LogP contribution in [0.1, 0.15) is 19.7 Å². The number of aryl methyl sites for hydroxylation is 1. The molecule has 0 aromatic carbocycles. The first-order valence-electron chi connectivity index (χ1n) is 7.51. The van der Waals surface area contributed by atoms with Crippen molar-refractivity contribution in [1.29, 1.82) is 0 Å². The van der Waals surface area contributed by atoms with Gasteiger partial charge in [0.25, 0.3) is 0 Å². The molecule has 0 bridgehead atoms. The van der Waals surface area contributed by atoms with E-state index in [1.165, 1.54) is 6.33 Å².